The van der Waals surface area contributed by atoms with Crippen molar-refractivity contribution >= 4 is 0 Å². The van der Waals surface area contributed by atoms with E-state index >= 15 is 0 Å². The molecule has 1 aliphatic heterocycles. The molecule has 2 aliphatic rings. The maximum Gasteiger partial charge on any atom is 0.233 e. The zero-order valence-corrected chi connectivity index (χ0v) is 11.4. The van der Waals surface area contributed by atoms with Crippen LogP contribution in [0.3, 0.4) is 0 Å². The molecular weight excluding hydrogens is 242 g/mol. The van der Waals surface area contributed by atoms with Crippen molar-refractivity contribution in [3.05, 3.63) is 11.7 Å². The van der Waals surface area contributed by atoms with Gasteiger partial charge in [0, 0.05) is 18.6 Å². The summed E-state index contributed by atoms with van der Waals surface area (Å²) in [5.41, 5.74) is 6.12. The van der Waals surface area contributed by atoms with E-state index in [1.54, 1.807) is 0 Å². The first-order valence-corrected chi connectivity index (χ1v) is 7.51. The van der Waals surface area contributed by atoms with Crippen molar-refractivity contribution in [1.82, 2.24) is 10.1 Å². The first-order valence-electron chi connectivity index (χ1n) is 7.51. The SMILES string of the molecule is NC1CCOCC1c1nc(C2CCCCCC2)no1. The van der Waals surface area contributed by atoms with Gasteiger partial charge in [-0.05, 0) is 19.3 Å². The molecule has 0 amide bonds. The van der Waals surface area contributed by atoms with Crippen LogP contribution >= 0.6 is 0 Å². The molecule has 2 heterocycles. The monoisotopic (exact) mass is 265 g/mol. The molecule has 1 saturated carbocycles. The van der Waals surface area contributed by atoms with Crippen molar-refractivity contribution < 1.29 is 9.26 Å². The number of nitrogens with zero attached hydrogens (tertiary/aromatic N) is 2. The zero-order chi connectivity index (χ0) is 13.1. The maximum absolute atomic E-state index is 6.12. The molecule has 1 aromatic rings. The predicted octanol–water partition coefficient (Wildman–Crippen LogP) is 2.34. The zero-order valence-electron chi connectivity index (χ0n) is 11.4. The van der Waals surface area contributed by atoms with Crippen LogP contribution < -0.4 is 5.73 Å². The van der Waals surface area contributed by atoms with Gasteiger partial charge in [0.2, 0.25) is 5.89 Å². The second-order valence-electron chi connectivity index (χ2n) is 5.81. The molecule has 5 heteroatoms. The first kappa shape index (κ1) is 13.1. The summed E-state index contributed by atoms with van der Waals surface area (Å²) in [7, 11) is 0. The van der Waals surface area contributed by atoms with Crippen LogP contribution in [0.25, 0.3) is 0 Å². The lowest BCUT2D eigenvalue weighted by molar-refractivity contribution is 0.0590. The largest absolute Gasteiger partial charge is 0.381 e. The van der Waals surface area contributed by atoms with Gasteiger partial charge in [-0.25, -0.2) is 0 Å². The van der Waals surface area contributed by atoms with Gasteiger partial charge in [0.25, 0.3) is 0 Å². The summed E-state index contributed by atoms with van der Waals surface area (Å²) in [5, 5.41) is 4.19. The molecule has 2 fully saturated rings. The highest BCUT2D eigenvalue weighted by molar-refractivity contribution is 5.03. The topological polar surface area (TPSA) is 74.2 Å². The Morgan fingerprint density at radius 1 is 1.05 bits per heavy atom. The fourth-order valence-corrected chi connectivity index (χ4v) is 3.11. The van der Waals surface area contributed by atoms with E-state index in [0.717, 1.165) is 18.9 Å². The standard InChI is InChI=1S/C14H23N3O2/c15-12-7-8-18-9-11(12)14-16-13(17-19-14)10-5-3-1-2-4-6-10/h10-12H,1-9,15H2. The van der Waals surface area contributed by atoms with Crippen LogP contribution in [0.5, 0.6) is 0 Å². The molecule has 106 valence electrons. The number of hydrogen-bond acceptors (Lipinski definition) is 5. The van der Waals surface area contributed by atoms with Crippen molar-refractivity contribution in [3.63, 3.8) is 0 Å². The van der Waals surface area contributed by atoms with Crippen molar-refractivity contribution in [2.24, 2.45) is 5.73 Å². The van der Waals surface area contributed by atoms with Crippen molar-refractivity contribution in [2.45, 2.75) is 62.8 Å². The van der Waals surface area contributed by atoms with Gasteiger partial charge in [0.1, 0.15) is 0 Å². The van der Waals surface area contributed by atoms with Crippen LogP contribution in [0, 0.1) is 0 Å². The molecule has 1 aromatic heterocycles. The van der Waals surface area contributed by atoms with Gasteiger partial charge in [0.15, 0.2) is 5.82 Å². The molecule has 0 bridgehead atoms. The summed E-state index contributed by atoms with van der Waals surface area (Å²) in [4.78, 5) is 4.61. The average Bonchev–Trinajstić information content (AvgIpc) is 2.75. The molecule has 0 radical (unpaired) electrons. The Morgan fingerprint density at radius 2 is 1.84 bits per heavy atom. The minimum Gasteiger partial charge on any atom is -0.381 e. The highest BCUT2D eigenvalue weighted by Crippen LogP contribution is 2.31. The Bertz CT molecular complexity index is 399. The average molecular weight is 265 g/mol. The number of rotatable bonds is 2. The summed E-state index contributed by atoms with van der Waals surface area (Å²) in [6.07, 6.45) is 8.47. The van der Waals surface area contributed by atoms with E-state index < -0.39 is 0 Å². The third kappa shape index (κ3) is 2.98. The molecule has 1 aliphatic carbocycles. The molecule has 19 heavy (non-hydrogen) atoms. The molecule has 5 nitrogen and oxygen atoms in total. The Hall–Kier alpha value is -0.940. The van der Waals surface area contributed by atoms with Crippen LogP contribution in [0.1, 0.15) is 68.5 Å². The summed E-state index contributed by atoms with van der Waals surface area (Å²) < 4.78 is 10.9. The lowest BCUT2D eigenvalue weighted by atomic mass is 9.96. The molecule has 1 saturated heterocycles. The summed E-state index contributed by atoms with van der Waals surface area (Å²) >= 11 is 0. The number of hydrogen-bond donors (Lipinski definition) is 1. The summed E-state index contributed by atoms with van der Waals surface area (Å²) in [5.74, 6) is 2.10. The van der Waals surface area contributed by atoms with Gasteiger partial charge in [-0.15, -0.1) is 0 Å². The van der Waals surface area contributed by atoms with Crippen molar-refractivity contribution in [3.8, 4) is 0 Å². The summed E-state index contributed by atoms with van der Waals surface area (Å²) in [6, 6.07) is 0.0798. The summed E-state index contributed by atoms with van der Waals surface area (Å²) in [6.45, 7) is 1.34. The minimum absolute atomic E-state index is 0.0702. The molecule has 2 unspecified atom stereocenters. The Morgan fingerprint density at radius 3 is 2.58 bits per heavy atom. The van der Waals surface area contributed by atoms with Gasteiger partial charge in [-0.1, -0.05) is 30.8 Å². The van der Waals surface area contributed by atoms with E-state index in [9.17, 15) is 0 Å². The smallest absolute Gasteiger partial charge is 0.233 e. The lowest BCUT2D eigenvalue weighted by Crippen LogP contribution is -2.37. The molecule has 2 atom stereocenters. The first-order chi connectivity index (χ1) is 9.34. The minimum atomic E-state index is 0.0702. The van der Waals surface area contributed by atoms with Gasteiger partial charge in [0.05, 0.1) is 12.5 Å². The Balaban J connectivity index is 1.71. The fraction of sp³-hybridized carbons (Fsp3) is 0.857. The third-order valence-corrected chi connectivity index (χ3v) is 4.40. The number of ether oxygens (including phenoxy) is 1. The van der Waals surface area contributed by atoms with Crippen LogP contribution in [-0.4, -0.2) is 29.4 Å². The normalized spacial score (nSPS) is 30.2. The third-order valence-electron chi connectivity index (χ3n) is 4.40. The highest BCUT2D eigenvalue weighted by atomic mass is 16.5. The van der Waals surface area contributed by atoms with E-state index in [2.05, 4.69) is 10.1 Å². The fourth-order valence-electron chi connectivity index (χ4n) is 3.11. The van der Waals surface area contributed by atoms with E-state index in [1.165, 1.54) is 38.5 Å². The molecule has 3 rings (SSSR count). The van der Waals surface area contributed by atoms with Crippen molar-refractivity contribution in [1.29, 1.82) is 0 Å². The second kappa shape index (κ2) is 6.01. The lowest BCUT2D eigenvalue weighted by Gasteiger charge is -2.25. The van der Waals surface area contributed by atoms with Gasteiger partial charge in [-0.3, -0.25) is 0 Å². The van der Waals surface area contributed by atoms with E-state index in [4.69, 9.17) is 15.0 Å². The van der Waals surface area contributed by atoms with Gasteiger partial charge < -0.3 is 15.0 Å². The molecule has 0 aromatic carbocycles. The molecular formula is C14H23N3O2. The van der Waals surface area contributed by atoms with E-state index in [0.29, 0.717) is 18.4 Å². The van der Waals surface area contributed by atoms with Crippen molar-refractivity contribution in [2.75, 3.05) is 13.2 Å². The van der Waals surface area contributed by atoms with Gasteiger partial charge in [-0.2, -0.15) is 4.98 Å². The van der Waals surface area contributed by atoms with E-state index in [1.807, 2.05) is 0 Å². The highest BCUT2D eigenvalue weighted by Gasteiger charge is 2.30. The van der Waals surface area contributed by atoms with Crippen LogP contribution in [-0.2, 0) is 4.74 Å². The predicted molar refractivity (Wildman–Crippen MR) is 70.9 cm³/mol. The van der Waals surface area contributed by atoms with Gasteiger partial charge >= 0.3 is 0 Å². The second-order valence-corrected chi connectivity index (χ2v) is 5.81. The van der Waals surface area contributed by atoms with Crippen LogP contribution in [0.4, 0.5) is 0 Å². The number of aromatic nitrogens is 2. The Labute approximate surface area is 113 Å². The molecule has 0 spiro atoms. The Kier molecular flexibility index (Phi) is 4.13. The van der Waals surface area contributed by atoms with E-state index in [-0.39, 0.29) is 12.0 Å². The molecule has 2 N–H and O–H groups in total. The maximum atomic E-state index is 6.12. The van der Waals surface area contributed by atoms with Crippen LogP contribution in [0.15, 0.2) is 4.52 Å². The van der Waals surface area contributed by atoms with Crippen LogP contribution in [0.2, 0.25) is 0 Å². The quantitative estimate of drug-likeness (QED) is 0.831. The number of nitrogens with two attached hydrogens (primary N) is 1.